The number of rotatable bonds is 7. The number of hydrogen-bond donors (Lipinski definition) is 1. The average Bonchev–Trinajstić information content (AvgIpc) is 2.84. The van der Waals surface area contributed by atoms with Crippen molar-refractivity contribution in [2.24, 2.45) is 11.3 Å². The van der Waals surface area contributed by atoms with Crippen LogP contribution in [-0.4, -0.2) is 24.9 Å². The highest BCUT2D eigenvalue weighted by atomic mass is 16.5. The first-order valence-electron chi connectivity index (χ1n) is 12.8. The summed E-state index contributed by atoms with van der Waals surface area (Å²) in [5, 5.41) is 10.7. The molecule has 1 saturated carbocycles. The van der Waals surface area contributed by atoms with Crippen LogP contribution in [0.15, 0.2) is 35.9 Å². The fraction of sp³-hybridized carbons (Fsp3) is 0.438. The summed E-state index contributed by atoms with van der Waals surface area (Å²) < 4.78 is 18.0. The number of methoxy groups -OCH3 is 1. The smallest absolute Gasteiger partial charge is 0.164 e. The van der Waals surface area contributed by atoms with Gasteiger partial charge in [-0.05, 0) is 92.3 Å². The Labute approximate surface area is 216 Å². The Morgan fingerprint density at radius 3 is 2.58 bits per heavy atom. The van der Waals surface area contributed by atoms with Crippen molar-refractivity contribution in [3.63, 3.8) is 0 Å². The van der Waals surface area contributed by atoms with E-state index in [2.05, 4.69) is 31.9 Å². The molecule has 4 nitrogen and oxygen atoms in total. The lowest BCUT2D eigenvalue weighted by molar-refractivity contribution is -0.00708. The van der Waals surface area contributed by atoms with E-state index in [0.29, 0.717) is 18.1 Å². The molecule has 2 aromatic carbocycles. The van der Waals surface area contributed by atoms with Crippen molar-refractivity contribution in [3.8, 4) is 35.3 Å². The maximum Gasteiger partial charge on any atom is 0.164 e. The van der Waals surface area contributed by atoms with E-state index in [1.165, 1.54) is 24.0 Å². The van der Waals surface area contributed by atoms with Crippen LogP contribution in [0.25, 0.3) is 12.2 Å². The van der Waals surface area contributed by atoms with Crippen molar-refractivity contribution >= 4 is 12.2 Å². The molecule has 0 amide bonds. The maximum absolute atomic E-state index is 10.7. The molecule has 36 heavy (non-hydrogen) atoms. The standard InChI is InChI=1S/C32H38O4/c1-7-15-35-29-18-23(17-27(33)25(29)13-10-21(2)3)12-11-22-16-24-20-26-28(9-8-14-32(26,4)5)36-31(24)30(19-22)34-6/h1,10-12,16-19,26,28,33H,8-9,13-15,20H2,2-6H3/b12-11+. The summed E-state index contributed by atoms with van der Waals surface area (Å²) in [6.45, 7) is 8.95. The van der Waals surface area contributed by atoms with Gasteiger partial charge in [0.25, 0.3) is 0 Å². The van der Waals surface area contributed by atoms with E-state index in [9.17, 15) is 5.11 Å². The zero-order chi connectivity index (χ0) is 25.9. The molecule has 0 aromatic heterocycles. The molecule has 4 rings (SSSR count). The van der Waals surface area contributed by atoms with Gasteiger partial charge in [0.05, 0.1) is 7.11 Å². The first-order valence-corrected chi connectivity index (χ1v) is 12.8. The molecule has 1 fully saturated rings. The molecule has 0 radical (unpaired) electrons. The van der Waals surface area contributed by atoms with Crippen molar-refractivity contribution in [1.29, 1.82) is 0 Å². The van der Waals surface area contributed by atoms with Gasteiger partial charge in [0.2, 0.25) is 0 Å². The van der Waals surface area contributed by atoms with E-state index in [0.717, 1.165) is 41.0 Å². The predicted molar refractivity (Wildman–Crippen MR) is 147 cm³/mol. The van der Waals surface area contributed by atoms with Crippen LogP contribution in [0, 0.1) is 23.7 Å². The van der Waals surface area contributed by atoms with Gasteiger partial charge in [0.15, 0.2) is 11.5 Å². The number of benzene rings is 2. The number of allylic oxidation sites excluding steroid dienone is 2. The number of hydrogen-bond acceptors (Lipinski definition) is 4. The van der Waals surface area contributed by atoms with Crippen molar-refractivity contribution < 1.29 is 19.3 Å². The molecule has 1 aliphatic heterocycles. The summed E-state index contributed by atoms with van der Waals surface area (Å²) in [5.41, 5.74) is 5.24. The van der Waals surface area contributed by atoms with Gasteiger partial charge in [-0.25, -0.2) is 0 Å². The summed E-state index contributed by atoms with van der Waals surface area (Å²) >= 11 is 0. The first kappa shape index (κ1) is 25.8. The number of phenolic OH excluding ortho intramolecular Hbond substituents is 1. The third kappa shape index (κ3) is 5.57. The quantitative estimate of drug-likeness (QED) is 0.255. The number of phenols is 1. The second kappa shape index (κ2) is 10.7. The van der Waals surface area contributed by atoms with E-state index in [4.69, 9.17) is 20.6 Å². The zero-order valence-electron chi connectivity index (χ0n) is 22.2. The molecule has 190 valence electrons. The number of aromatic hydroxyl groups is 1. The Kier molecular flexibility index (Phi) is 7.69. The minimum absolute atomic E-state index is 0.148. The van der Waals surface area contributed by atoms with Crippen molar-refractivity contribution in [2.45, 2.75) is 65.9 Å². The van der Waals surface area contributed by atoms with Gasteiger partial charge in [0.1, 0.15) is 24.2 Å². The second-order valence-corrected chi connectivity index (χ2v) is 10.9. The fourth-order valence-corrected chi connectivity index (χ4v) is 5.50. The summed E-state index contributed by atoms with van der Waals surface area (Å²) in [6.07, 6.45) is 16.9. The summed E-state index contributed by atoms with van der Waals surface area (Å²) in [4.78, 5) is 0. The van der Waals surface area contributed by atoms with Crippen LogP contribution < -0.4 is 14.2 Å². The van der Waals surface area contributed by atoms with Crippen LogP contribution in [0.4, 0.5) is 0 Å². The Balaban J connectivity index is 1.64. The molecule has 1 aliphatic carbocycles. The fourth-order valence-electron chi connectivity index (χ4n) is 5.50. The molecule has 4 heteroatoms. The van der Waals surface area contributed by atoms with Gasteiger partial charge in [-0.1, -0.05) is 43.6 Å². The maximum atomic E-state index is 10.7. The average molecular weight is 487 g/mol. The number of ether oxygens (including phenoxy) is 3. The predicted octanol–water partition coefficient (Wildman–Crippen LogP) is 7.22. The van der Waals surface area contributed by atoms with E-state index in [-0.39, 0.29) is 23.9 Å². The van der Waals surface area contributed by atoms with Gasteiger partial charge in [-0.2, -0.15) is 0 Å². The van der Waals surface area contributed by atoms with Crippen LogP contribution in [0.2, 0.25) is 0 Å². The van der Waals surface area contributed by atoms with Crippen LogP contribution in [-0.2, 0) is 12.8 Å². The van der Waals surface area contributed by atoms with Crippen LogP contribution in [0.3, 0.4) is 0 Å². The minimum atomic E-state index is 0.148. The summed E-state index contributed by atoms with van der Waals surface area (Å²) in [6, 6.07) is 7.91. The monoisotopic (exact) mass is 486 g/mol. The molecular weight excluding hydrogens is 448 g/mol. The topological polar surface area (TPSA) is 47.9 Å². The molecule has 0 spiro atoms. The van der Waals surface area contributed by atoms with Gasteiger partial charge in [0, 0.05) is 11.5 Å². The number of terminal acetylenes is 1. The van der Waals surface area contributed by atoms with Crippen LogP contribution >= 0.6 is 0 Å². The highest BCUT2D eigenvalue weighted by molar-refractivity contribution is 5.74. The van der Waals surface area contributed by atoms with Crippen molar-refractivity contribution in [2.75, 3.05) is 13.7 Å². The van der Waals surface area contributed by atoms with Gasteiger partial charge in [-0.15, -0.1) is 6.42 Å². The normalized spacial score (nSPS) is 20.0. The molecule has 2 aromatic rings. The van der Waals surface area contributed by atoms with Crippen molar-refractivity contribution in [3.05, 3.63) is 58.2 Å². The molecule has 0 saturated heterocycles. The van der Waals surface area contributed by atoms with Gasteiger partial charge in [-0.3, -0.25) is 0 Å². The SMILES string of the molecule is C#CCOc1cc(/C=C/c2cc3c(c(OC)c2)OC2CCCC(C)(C)C2C3)cc(O)c1CC=C(C)C. The molecule has 1 N–H and O–H groups in total. The summed E-state index contributed by atoms with van der Waals surface area (Å²) in [7, 11) is 1.70. The Morgan fingerprint density at radius 2 is 1.89 bits per heavy atom. The van der Waals surface area contributed by atoms with E-state index >= 15 is 0 Å². The molecule has 2 aliphatic rings. The highest BCUT2D eigenvalue weighted by Crippen LogP contribution is 2.50. The van der Waals surface area contributed by atoms with Crippen LogP contribution in [0.1, 0.15) is 69.2 Å². The molecule has 2 unspecified atom stereocenters. The lowest BCUT2D eigenvalue weighted by Crippen LogP contribution is -2.45. The van der Waals surface area contributed by atoms with Crippen LogP contribution in [0.5, 0.6) is 23.0 Å². The third-order valence-electron chi connectivity index (χ3n) is 7.55. The molecular formula is C32H38O4. The summed E-state index contributed by atoms with van der Waals surface area (Å²) in [5.74, 6) is 5.47. The second-order valence-electron chi connectivity index (χ2n) is 10.9. The molecule has 0 bridgehead atoms. The van der Waals surface area contributed by atoms with E-state index in [1.54, 1.807) is 13.2 Å². The third-order valence-corrected chi connectivity index (χ3v) is 7.55. The van der Waals surface area contributed by atoms with Gasteiger partial charge < -0.3 is 19.3 Å². The lowest BCUT2D eigenvalue weighted by Gasteiger charge is -2.47. The molecule has 2 atom stereocenters. The Hall–Kier alpha value is -3.32. The number of fused-ring (bicyclic) bond motifs is 2. The van der Waals surface area contributed by atoms with Crippen molar-refractivity contribution in [1.82, 2.24) is 0 Å². The zero-order valence-corrected chi connectivity index (χ0v) is 22.2. The Morgan fingerprint density at radius 1 is 1.17 bits per heavy atom. The van der Waals surface area contributed by atoms with Gasteiger partial charge >= 0.3 is 0 Å². The van der Waals surface area contributed by atoms with E-state index in [1.807, 2.05) is 38.1 Å². The molecule has 1 heterocycles. The lowest BCUT2D eigenvalue weighted by atomic mass is 9.64. The van der Waals surface area contributed by atoms with E-state index < -0.39 is 0 Å². The highest BCUT2D eigenvalue weighted by Gasteiger charge is 2.43. The largest absolute Gasteiger partial charge is 0.507 e. The Bertz CT molecular complexity index is 1210. The first-order chi connectivity index (χ1) is 17.2. The minimum Gasteiger partial charge on any atom is -0.507 e.